The molecule has 0 saturated heterocycles. The van der Waals surface area contributed by atoms with Gasteiger partial charge in [0.15, 0.2) is 5.82 Å². The Morgan fingerprint density at radius 1 is 1.03 bits per heavy atom. The summed E-state index contributed by atoms with van der Waals surface area (Å²) >= 11 is 0. The van der Waals surface area contributed by atoms with E-state index >= 15 is 0 Å². The molecule has 0 aliphatic heterocycles. The molecular formula is C22H25N5O2. The molecule has 7 nitrogen and oxygen atoms in total. The van der Waals surface area contributed by atoms with Crippen LogP contribution in [-0.4, -0.2) is 55.1 Å². The van der Waals surface area contributed by atoms with E-state index in [0.717, 1.165) is 12.1 Å². The van der Waals surface area contributed by atoms with Crippen LogP contribution < -0.4 is 15.4 Å². The summed E-state index contributed by atoms with van der Waals surface area (Å²) < 4.78 is 5.21. The first-order valence-corrected chi connectivity index (χ1v) is 9.33. The number of ether oxygens (including phenoxy) is 1. The third-order valence-electron chi connectivity index (χ3n) is 4.18. The van der Waals surface area contributed by atoms with E-state index in [1.807, 2.05) is 56.6 Å². The first-order valence-electron chi connectivity index (χ1n) is 9.33. The van der Waals surface area contributed by atoms with Crippen molar-refractivity contribution in [3.8, 4) is 17.1 Å². The maximum absolute atomic E-state index is 12.9. The topological polar surface area (TPSA) is 79.4 Å². The van der Waals surface area contributed by atoms with Crippen LogP contribution in [0.5, 0.6) is 5.75 Å². The number of hydrogen-bond donors (Lipinski definition) is 2. The summed E-state index contributed by atoms with van der Waals surface area (Å²) in [5.41, 5.74) is 1.77. The number of aromatic nitrogens is 2. The van der Waals surface area contributed by atoms with Crippen molar-refractivity contribution in [2.45, 2.75) is 0 Å². The number of anilines is 2. The third kappa shape index (κ3) is 5.76. The molecule has 1 aromatic heterocycles. The highest BCUT2D eigenvalue weighted by Gasteiger charge is 2.14. The molecule has 0 radical (unpaired) electrons. The SMILES string of the molecule is COc1cccc(NC(=O)c2cc(NCCN(C)C)nc(-c3ccccc3)n2)c1. The van der Waals surface area contributed by atoms with Gasteiger partial charge in [-0.2, -0.15) is 0 Å². The van der Waals surface area contributed by atoms with E-state index in [-0.39, 0.29) is 11.6 Å². The molecule has 7 heteroatoms. The van der Waals surface area contributed by atoms with Crippen LogP contribution in [0.25, 0.3) is 11.4 Å². The number of carbonyl (C=O) groups is 1. The summed E-state index contributed by atoms with van der Waals surface area (Å²) in [4.78, 5) is 24.0. The van der Waals surface area contributed by atoms with Gasteiger partial charge in [0.2, 0.25) is 0 Å². The van der Waals surface area contributed by atoms with Gasteiger partial charge in [0, 0.05) is 36.5 Å². The van der Waals surface area contributed by atoms with Crippen LogP contribution in [0.4, 0.5) is 11.5 Å². The standard InChI is InChI=1S/C22H25N5O2/c1-27(2)13-12-23-20-15-19(25-21(26-20)16-8-5-4-6-9-16)22(28)24-17-10-7-11-18(14-17)29-3/h4-11,14-15H,12-13H2,1-3H3,(H,24,28)(H,23,25,26). The molecule has 29 heavy (non-hydrogen) atoms. The highest BCUT2D eigenvalue weighted by Crippen LogP contribution is 2.20. The Kier molecular flexibility index (Phi) is 6.76. The van der Waals surface area contributed by atoms with Crippen molar-refractivity contribution in [1.82, 2.24) is 14.9 Å². The Bertz CT molecular complexity index is 960. The first kappa shape index (κ1) is 20.3. The van der Waals surface area contributed by atoms with Gasteiger partial charge in [-0.25, -0.2) is 9.97 Å². The lowest BCUT2D eigenvalue weighted by Gasteiger charge is -2.13. The Morgan fingerprint density at radius 2 is 1.83 bits per heavy atom. The maximum atomic E-state index is 12.9. The van der Waals surface area contributed by atoms with Gasteiger partial charge in [-0.1, -0.05) is 36.4 Å². The molecule has 150 valence electrons. The lowest BCUT2D eigenvalue weighted by Crippen LogP contribution is -2.22. The molecule has 3 aromatic rings. The fourth-order valence-electron chi connectivity index (χ4n) is 2.67. The van der Waals surface area contributed by atoms with Gasteiger partial charge in [-0.05, 0) is 26.2 Å². The van der Waals surface area contributed by atoms with Gasteiger partial charge in [0.05, 0.1) is 7.11 Å². The van der Waals surface area contributed by atoms with E-state index in [2.05, 4.69) is 25.5 Å². The van der Waals surface area contributed by atoms with Gasteiger partial charge in [0.25, 0.3) is 5.91 Å². The molecule has 0 spiro atoms. The molecule has 0 fully saturated rings. The van der Waals surface area contributed by atoms with Crippen molar-refractivity contribution in [2.75, 3.05) is 44.9 Å². The number of amides is 1. The number of rotatable bonds is 8. The van der Waals surface area contributed by atoms with Crippen molar-refractivity contribution in [3.63, 3.8) is 0 Å². The largest absolute Gasteiger partial charge is 0.497 e. The molecule has 0 atom stereocenters. The zero-order valence-corrected chi connectivity index (χ0v) is 16.8. The lowest BCUT2D eigenvalue weighted by atomic mass is 10.2. The number of benzene rings is 2. The van der Waals surface area contributed by atoms with Crippen LogP contribution in [-0.2, 0) is 0 Å². The third-order valence-corrected chi connectivity index (χ3v) is 4.18. The van der Waals surface area contributed by atoms with Crippen LogP contribution >= 0.6 is 0 Å². The predicted molar refractivity (Wildman–Crippen MR) is 115 cm³/mol. The quantitative estimate of drug-likeness (QED) is 0.613. The zero-order valence-electron chi connectivity index (χ0n) is 16.8. The van der Waals surface area contributed by atoms with Crippen LogP contribution in [0.15, 0.2) is 60.7 Å². The van der Waals surface area contributed by atoms with E-state index in [1.54, 1.807) is 25.3 Å². The average molecular weight is 391 g/mol. The summed E-state index contributed by atoms with van der Waals surface area (Å²) in [6.45, 7) is 1.55. The van der Waals surface area contributed by atoms with Crippen molar-refractivity contribution >= 4 is 17.4 Å². The zero-order chi connectivity index (χ0) is 20.6. The van der Waals surface area contributed by atoms with Gasteiger partial charge in [-0.15, -0.1) is 0 Å². The number of likely N-dealkylation sites (N-methyl/N-ethyl adjacent to an activating group) is 1. The summed E-state index contributed by atoms with van der Waals surface area (Å²) in [6, 6.07) is 18.5. The molecule has 3 rings (SSSR count). The van der Waals surface area contributed by atoms with Crippen LogP contribution in [0.1, 0.15) is 10.5 Å². The van der Waals surface area contributed by atoms with E-state index in [1.165, 1.54) is 0 Å². The van der Waals surface area contributed by atoms with Crippen molar-refractivity contribution in [1.29, 1.82) is 0 Å². The number of nitrogens with zero attached hydrogens (tertiary/aromatic N) is 3. The highest BCUT2D eigenvalue weighted by molar-refractivity contribution is 6.03. The Hall–Kier alpha value is -3.45. The summed E-state index contributed by atoms with van der Waals surface area (Å²) in [5, 5.41) is 6.14. The van der Waals surface area contributed by atoms with E-state index in [9.17, 15) is 4.79 Å². The van der Waals surface area contributed by atoms with Crippen LogP contribution in [0, 0.1) is 0 Å². The van der Waals surface area contributed by atoms with E-state index in [0.29, 0.717) is 29.6 Å². The molecule has 2 N–H and O–H groups in total. The summed E-state index contributed by atoms with van der Waals surface area (Å²) in [5.74, 6) is 1.46. The van der Waals surface area contributed by atoms with Crippen molar-refractivity contribution < 1.29 is 9.53 Å². The summed E-state index contributed by atoms with van der Waals surface area (Å²) in [7, 11) is 5.59. The number of hydrogen-bond acceptors (Lipinski definition) is 6. The molecule has 0 saturated carbocycles. The predicted octanol–water partition coefficient (Wildman–Crippen LogP) is 3.38. The number of methoxy groups -OCH3 is 1. The van der Waals surface area contributed by atoms with Gasteiger partial charge in [-0.3, -0.25) is 4.79 Å². The Morgan fingerprint density at radius 3 is 2.55 bits per heavy atom. The molecule has 0 aliphatic rings. The van der Waals surface area contributed by atoms with Gasteiger partial charge < -0.3 is 20.3 Å². The Labute approximate surface area is 170 Å². The van der Waals surface area contributed by atoms with Crippen LogP contribution in [0.3, 0.4) is 0 Å². The monoisotopic (exact) mass is 391 g/mol. The molecule has 1 amide bonds. The molecular weight excluding hydrogens is 366 g/mol. The van der Waals surface area contributed by atoms with Crippen LogP contribution in [0.2, 0.25) is 0 Å². The van der Waals surface area contributed by atoms with E-state index in [4.69, 9.17) is 4.74 Å². The molecule has 2 aromatic carbocycles. The first-order chi connectivity index (χ1) is 14.0. The van der Waals surface area contributed by atoms with E-state index < -0.39 is 0 Å². The van der Waals surface area contributed by atoms with Gasteiger partial charge in [0.1, 0.15) is 17.3 Å². The minimum Gasteiger partial charge on any atom is -0.497 e. The molecule has 1 heterocycles. The summed E-state index contributed by atoms with van der Waals surface area (Å²) in [6.07, 6.45) is 0. The van der Waals surface area contributed by atoms with Gasteiger partial charge >= 0.3 is 0 Å². The smallest absolute Gasteiger partial charge is 0.274 e. The minimum absolute atomic E-state index is 0.286. The molecule has 0 bridgehead atoms. The second-order valence-electron chi connectivity index (χ2n) is 6.74. The highest BCUT2D eigenvalue weighted by atomic mass is 16.5. The Balaban J connectivity index is 1.88. The van der Waals surface area contributed by atoms with Crippen molar-refractivity contribution in [3.05, 3.63) is 66.4 Å². The fourth-order valence-corrected chi connectivity index (χ4v) is 2.67. The normalized spacial score (nSPS) is 10.6. The second-order valence-corrected chi connectivity index (χ2v) is 6.74. The maximum Gasteiger partial charge on any atom is 0.274 e. The minimum atomic E-state index is -0.312. The fraction of sp³-hybridized carbons (Fsp3) is 0.227. The van der Waals surface area contributed by atoms with Crippen molar-refractivity contribution in [2.24, 2.45) is 0 Å². The number of carbonyl (C=O) groups excluding carboxylic acids is 1. The second kappa shape index (κ2) is 9.66. The number of nitrogens with one attached hydrogen (secondary N) is 2. The average Bonchev–Trinajstić information content (AvgIpc) is 2.74. The molecule has 0 aliphatic carbocycles. The lowest BCUT2D eigenvalue weighted by molar-refractivity contribution is 0.102. The molecule has 0 unspecified atom stereocenters.